The molecule has 0 aromatic heterocycles. The Bertz CT molecular complexity index is 252. The van der Waals surface area contributed by atoms with Gasteiger partial charge in [-0.2, -0.15) is 8.42 Å². The highest BCUT2D eigenvalue weighted by molar-refractivity contribution is 7.87. The van der Waals surface area contributed by atoms with Crippen LogP contribution in [-0.2, 0) is 10.2 Å². The lowest BCUT2D eigenvalue weighted by Gasteiger charge is -2.11. The summed E-state index contributed by atoms with van der Waals surface area (Å²) in [6.07, 6.45) is 1.53. The third-order valence-corrected chi connectivity index (χ3v) is 3.14. The lowest BCUT2D eigenvalue weighted by molar-refractivity contribution is 0.535. The molecule has 4 N–H and O–H groups in total. The van der Waals surface area contributed by atoms with Crippen molar-refractivity contribution in [3.63, 3.8) is 0 Å². The van der Waals surface area contributed by atoms with Crippen molar-refractivity contribution in [1.29, 1.82) is 0 Å². The van der Waals surface area contributed by atoms with Gasteiger partial charge in [0.05, 0.1) is 0 Å². The van der Waals surface area contributed by atoms with Gasteiger partial charge in [-0.25, -0.2) is 9.44 Å². The minimum Gasteiger partial charge on any atom is -0.328 e. The highest BCUT2D eigenvalue weighted by atomic mass is 32.2. The molecular weight excluding hydrogens is 214 g/mol. The summed E-state index contributed by atoms with van der Waals surface area (Å²) >= 11 is 0. The predicted octanol–water partition coefficient (Wildman–Crippen LogP) is 0.194. The number of hydrogen-bond donors (Lipinski definition) is 3. The Morgan fingerprint density at radius 2 is 1.87 bits per heavy atom. The molecular formula is C9H23N3O2S. The van der Waals surface area contributed by atoms with Gasteiger partial charge in [-0.3, -0.25) is 0 Å². The van der Waals surface area contributed by atoms with Gasteiger partial charge >= 0.3 is 0 Å². The first-order valence-electron chi connectivity index (χ1n) is 5.37. The molecule has 0 aromatic rings. The van der Waals surface area contributed by atoms with Gasteiger partial charge in [-0.1, -0.05) is 20.8 Å². The average molecular weight is 237 g/mol. The first-order valence-corrected chi connectivity index (χ1v) is 6.85. The van der Waals surface area contributed by atoms with Gasteiger partial charge in [0.15, 0.2) is 0 Å². The second-order valence-electron chi connectivity index (χ2n) is 4.10. The predicted molar refractivity (Wildman–Crippen MR) is 62.6 cm³/mol. The molecule has 0 aromatic carbocycles. The summed E-state index contributed by atoms with van der Waals surface area (Å²) in [4.78, 5) is 0. The molecule has 0 aliphatic rings. The molecule has 0 rings (SSSR count). The Balaban J connectivity index is 3.75. The summed E-state index contributed by atoms with van der Waals surface area (Å²) in [6.45, 7) is 6.73. The van der Waals surface area contributed by atoms with E-state index in [9.17, 15) is 8.42 Å². The summed E-state index contributed by atoms with van der Waals surface area (Å²) < 4.78 is 27.6. The van der Waals surface area contributed by atoms with Crippen molar-refractivity contribution >= 4 is 10.2 Å². The van der Waals surface area contributed by atoms with Crippen LogP contribution in [0.3, 0.4) is 0 Å². The summed E-state index contributed by atoms with van der Waals surface area (Å²) in [7, 11) is -3.34. The molecule has 0 saturated carbocycles. The molecule has 15 heavy (non-hydrogen) atoms. The molecule has 0 aliphatic heterocycles. The third-order valence-electron chi connectivity index (χ3n) is 2.01. The Labute approximate surface area is 93.0 Å². The van der Waals surface area contributed by atoms with E-state index in [1.807, 2.05) is 20.8 Å². The van der Waals surface area contributed by atoms with Crippen molar-refractivity contribution in [3.05, 3.63) is 0 Å². The fourth-order valence-electron chi connectivity index (χ4n) is 0.910. The maximum absolute atomic E-state index is 11.3. The first kappa shape index (κ1) is 14.8. The van der Waals surface area contributed by atoms with Crippen molar-refractivity contribution in [3.8, 4) is 0 Å². The molecule has 0 spiro atoms. The lowest BCUT2D eigenvalue weighted by Crippen LogP contribution is -2.40. The highest BCUT2D eigenvalue weighted by Crippen LogP contribution is 1.93. The maximum Gasteiger partial charge on any atom is 0.276 e. The second kappa shape index (κ2) is 7.16. The Morgan fingerprint density at radius 3 is 2.33 bits per heavy atom. The van der Waals surface area contributed by atoms with Crippen molar-refractivity contribution in [2.24, 2.45) is 11.7 Å². The van der Waals surface area contributed by atoms with Gasteiger partial charge in [0.25, 0.3) is 10.2 Å². The summed E-state index contributed by atoms with van der Waals surface area (Å²) in [5.41, 5.74) is 5.67. The van der Waals surface area contributed by atoms with Gasteiger partial charge in [0.2, 0.25) is 0 Å². The molecule has 0 saturated heterocycles. The molecule has 5 nitrogen and oxygen atoms in total. The minimum absolute atomic E-state index is 0.0674. The number of nitrogens with two attached hydrogens (primary N) is 1. The van der Waals surface area contributed by atoms with E-state index in [0.29, 0.717) is 25.4 Å². The zero-order valence-electron chi connectivity index (χ0n) is 9.79. The van der Waals surface area contributed by atoms with Crippen LogP contribution in [0.25, 0.3) is 0 Å². The molecule has 0 heterocycles. The van der Waals surface area contributed by atoms with E-state index in [2.05, 4.69) is 9.44 Å². The molecule has 1 unspecified atom stereocenters. The van der Waals surface area contributed by atoms with Crippen LogP contribution in [0, 0.1) is 5.92 Å². The quantitative estimate of drug-likeness (QED) is 0.563. The van der Waals surface area contributed by atoms with E-state index in [0.717, 1.165) is 6.42 Å². The van der Waals surface area contributed by atoms with Crippen molar-refractivity contribution in [1.82, 2.24) is 9.44 Å². The molecule has 0 aliphatic carbocycles. The van der Waals surface area contributed by atoms with Crippen LogP contribution in [0.1, 0.15) is 33.6 Å². The average Bonchev–Trinajstić information content (AvgIpc) is 2.14. The zero-order valence-corrected chi connectivity index (χ0v) is 10.6. The van der Waals surface area contributed by atoms with Crippen LogP contribution < -0.4 is 15.2 Å². The number of rotatable bonds is 8. The van der Waals surface area contributed by atoms with E-state index in [-0.39, 0.29) is 6.04 Å². The SMILES string of the molecule is CCC(N)CCNS(=O)(=O)NCC(C)C. The van der Waals surface area contributed by atoms with E-state index in [4.69, 9.17) is 5.73 Å². The molecule has 0 amide bonds. The van der Waals surface area contributed by atoms with Crippen LogP contribution in [-0.4, -0.2) is 27.5 Å². The first-order chi connectivity index (χ1) is 6.87. The van der Waals surface area contributed by atoms with Crippen LogP contribution in [0.5, 0.6) is 0 Å². The van der Waals surface area contributed by atoms with Crippen LogP contribution in [0.15, 0.2) is 0 Å². The molecule has 0 bridgehead atoms. The Hall–Kier alpha value is -0.170. The van der Waals surface area contributed by atoms with Gasteiger partial charge in [-0.05, 0) is 18.8 Å². The van der Waals surface area contributed by atoms with E-state index in [1.165, 1.54) is 0 Å². The molecule has 92 valence electrons. The topological polar surface area (TPSA) is 84.2 Å². The normalized spacial score (nSPS) is 14.5. The minimum atomic E-state index is -3.34. The summed E-state index contributed by atoms with van der Waals surface area (Å²) in [5, 5.41) is 0. The fourth-order valence-corrected chi connectivity index (χ4v) is 1.95. The second-order valence-corrected chi connectivity index (χ2v) is 5.68. The molecule has 0 radical (unpaired) electrons. The lowest BCUT2D eigenvalue weighted by atomic mass is 10.2. The monoisotopic (exact) mass is 237 g/mol. The van der Waals surface area contributed by atoms with Crippen LogP contribution in [0.4, 0.5) is 0 Å². The molecule has 0 fully saturated rings. The Kier molecular flexibility index (Phi) is 7.08. The van der Waals surface area contributed by atoms with Gasteiger partial charge in [0.1, 0.15) is 0 Å². The standard InChI is InChI=1S/C9H23N3O2S/c1-4-9(10)5-6-11-15(13,14)12-7-8(2)3/h8-9,11-12H,4-7,10H2,1-3H3. The Morgan fingerprint density at radius 1 is 1.27 bits per heavy atom. The summed E-state index contributed by atoms with van der Waals surface area (Å²) in [5.74, 6) is 0.305. The maximum atomic E-state index is 11.3. The smallest absolute Gasteiger partial charge is 0.276 e. The van der Waals surface area contributed by atoms with Gasteiger partial charge < -0.3 is 5.73 Å². The largest absolute Gasteiger partial charge is 0.328 e. The highest BCUT2D eigenvalue weighted by Gasteiger charge is 2.09. The molecule has 1 atom stereocenters. The van der Waals surface area contributed by atoms with Crippen LogP contribution in [0.2, 0.25) is 0 Å². The third kappa shape index (κ3) is 8.80. The number of nitrogens with one attached hydrogen (secondary N) is 2. The van der Waals surface area contributed by atoms with Crippen molar-refractivity contribution < 1.29 is 8.42 Å². The van der Waals surface area contributed by atoms with Gasteiger partial charge in [0, 0.05) is 19.1 Å². The van der Waals surface area contributed by atoms with Crippen LogP contribution >= 0.6 is 0 Å². The zero-order chi connectivity index (χ0) is 11.9. The van der Waals surface area contributed by atoms with Crippen molar-refractivity contribution in [2.45, 2.75) is 39.7 Å². The van der Waals surface area contributed by atoms with E-state index < -0.39 is 10.2 Å². The number of hydrogen-bond acceptors (Lipinski definition) is 3. The van der Waals surface area contributed by atoms with Crippen molar-refractivity contribution in [2.75, 3.05) is 13.1 Å². The van der Waals surface area contributed by atoms with Gasteiger partial charge in [-0.15, -0.1) is 0 Å². The summed E-state index contributed by atoms with van der Waals surface area (Å²) in [6, 6.07) is 0.0674. The van der Waals surface area contributed by atoms with E-state index >= 15 is 0 Å². The fraction of sp³-hybridized carbons (Fsp3) is 1.00. The molecule has 6 heteroatoms. The van der Waals surface area contributed by atoms with E-state index in [1.54, 1.807) is 0 Å².